The van der Waals surface area contributed by atoms with Gasteiger partial charge in [0.1, 0.15) is 9.88 Å². The highest BCUT2D eigenvalue weighted by atomic mass is 32.1. The number of anilines is 2. The third-order valence-corrected chi connectivity index (χ3v) is 7.20. The van der Waals surface area contributed by atoms with Crippen LogP contribution in [0.4, 0.5) is 11.6 Å². The van der Waals surface area contributed by atoms with Gasteiger partial charge in [0.2, 0.25) is 5.95 Å². The van der Waals surface area contributed by atoms with Gasteiger partial charge in [-0.15, -0.1) is 11.3 Å². The molecule has 5 rings (SSSR count). The molecule has 198 valence electrons. The van der Waals surface area contributed by atoms with E-state index in [0.29, 0.717) is 27.6 Å². The Hall–Kier alpha value is -4.41. The van der Waals surface area contributed by atoms with E-state index in [0.717, 1.165) is 21.8 Å². The van der Waals surface area contributed by atoms with Gasteiger partial charge in [0.05, 0.1) is 35.4 Å². The summed E-state index contributed by atoms with van der Waals surface area (Å²) in [5.74, 6) is -0.0421. The van der Waals surface area contributed by atoms with Gasteiger partial charge < -0.3 is 15.0 Å². The molecule has 0 fully saturated rings. The number of nitrogens with zero attached hydrogens (tertiary/aromatic N) is 4. The molecule has 0 atom stereocenters. The Bertz CT molecular complexity index is 1640. The summed E-state index contributed by atoms with van der Waals surface area (Å²) in [7, 11) is 0. The molecule has 3 N–H and O–H groups in total. The van der Waals surface area contributed by atoms with Crippen molar-refractivity contribution in [3.63, 3.8) is 0 Å². The monoisotopic (exact) mass is 540 g/mol. The lowest BCUT2D eigenvalue weighted by Gasteiger charge is -2.20. The van der Waals surface area contributed by atoms with Gasteiger partial charge in [-0.2, -0.15) is 0 Å². The summed E-state index contributed by atoms with van der Waals surface area (Å²) >= 11 is 1.30. The standard InChI is InChI=1S/C29H28N6O3S/c1-18-25(39-27(32-18)20-11-13-30-14-12-20)26(37)34-28-33-22-15-21(9-10-23(22)35(28)17-29(2,3)38)31-16-24(36)19-7-5-4-6-8-19/h4-15,31,38H,16-17H2,1-3H3,(H,33,34,37). The van der Waals surface area contributed by atoms with Gasteiger partial charge in [0.25, 0.3) is 5.91 Å². The van der Waals surface area contributed by atoms with E-state index in [4.69, 9.17) is 0 Å². The van der Waals surface area contributed by atoms with E-state index in [-0.39, 0.29) is 24.8 Å². The zero-order valence-electron chi connectivity index (χ0n) is 21.8. The molecule has 0 saturated carbocycles. The van der Waals surface area contributed by atoms with Crippen molar-refractivity contribution in [1.29, 1.82) is 0 Å². The first kappa shape index (κ1) is 26.2. The Morgan fingerprint density at radius 1 is 1.03 bits per heavy atom. The van der Waals surface area contributed by atoms with E-state index in [1.54, 1.807) is 49.9 Å². The van der Waals surface area contributed by atoms with Gasteiger partial charge in [-0.05, 0) is 51.1 Å². The second-order valence-corrected chi connectivity index (χ2v) is 10.8. The molecule has 0 radical (unpaired) electrons. The number of thiazole rings is 1. The van der Waals surface area contributed by atoms with Crippen LogP contribution in [-0.2, 0) is 6.54 Å². The van der Waals surface area contributed by atoms with Crippen LogP contribution in [-0.4, -0.2) is 48.5 Å². The number of aliphatic hydroxyl groups is 1. The molecule has 0 aliphatic carbocycles. The van der Waals surface area contributed by atoms with Crippen LogP contribution in [0.25, 0.3) is 21.6 Å². The van der Waals surface area contributed by atoms with E-state index in [1.807, 2.05) is 48.5 Å². The molecular weight excluding hydrogens is 512 g/mol. The highest BCUT2D eigenvalue weighted by Gasteiger charge is 2.23. The first-order valence-electron chi connectivity index (χ1n) is 12.4. The summed E-state index contributed by atoms with van der Waals surface area (Å²) < 4.78 is 1.78. The first-order valence-corrected chi connectivity index (χ1v) is 13.2. The van der Waals surface area contributed by atoms with Crippen LogP contribution in [0.2, 0.25) is 0 Å². The third-order valence-electron chi connectivity index (χ3n) is 6.00. The van der Waals surface area contributed by atoms with Gasteiger partial charge in [-0.3, -0.25) is 19.9 Å². The zero-order chi connectivity index (χ0) is 27.6. The van der Waals surface area contributed by atoms with Crippen molar-refractivity contribution < 1.29 is 14.7 Å². The van der Waals surface area contributed by atoms with Crippen molar-refractivity contribution in [2.75, 3.05) is 17.2 Å². The average Bonchev–Trinajstić information content (AvgIpc) is 3.47. The van der Waals surface area contributed by atoms with Crippen molar-refractivity contribution >= 4 is 45.7 Å². The number of hydrogen-bond donors (Lipinski definition) is 3. The molecule has 0 unspecified atom stereocenters. The van der Waals surface area contributed by atoms with E-state index in [2.05, 4.69) is 25.6 Å². The van der Waals surface area contributed by atoms with Crippen molar-refractivity contribution in [3.8, 4) is 10.6 Å². The van der Waals surface area contributed by atoms with Crippen molar-refractivity contribution in [2.45, 2.75) is 32.9 Å². The Labute approximate surface area is 229 Å². The number of carbonyl (C=O) groups is 2. The smallest absolute Gasteiger partial charge is 0.269 e. The number of aromatic nitrogens is 4. The quantitative estimate of drug-likeness (QED) is 0.220. The van der Waals surface area contributed by atoms with Crippen LogP contribution in [0, 0.1) is 6.92 Å². The lowest BCUT2D eigenvalue weighted by Crippen LogP contribution is -2.27. The number of rotatable bonds is 9. The molecule has 2 aromatic carbocycles. The maximum Gasteiger partial charge on any atom is 0.269 e. The molecule has 39 heavy (non-hydrogen) atoms. The maximum atomic E-state index is 13.3. The molecule has 0 bridgehead atoms. The van der Waals surface area contributed by atoms with Crippen LogP contribution in [0.15, 0.2) is 73.1 Å². The molecule has 5 aromatic rings. The second-order valence-electron chi connectivity index (χ2n) is 9.80. The van der Waals surface area contributed by atoms with Crippen LogP contribution >= 0.6 is 11.3 Å². The normalized spacial score (nSPS) is 11.5. The summed E-state index contributed by atoms with van der Waals surface area (Å²) in [6.07, 6.45) is 3.37. The topological polar surface area (TPSA) is 122 Å². The molecular formula is C29H28N6O3S. The van der Waals surface area contributed by atoms with Crippen LogP contribution in [0.5, 0.6) is 0 Å². The average molecular weight is 541 g/mol. The number of nitrogens with one attached hydrogen (secondary N) is 2. The van der Waals surface area contributed by atoms with Gasteiger partial charge >= 0.3 is 0 Å². The minimum atomic E-state index is -1.05. The fourth-order valence-electron chi connectivity index (χ4n) is 4.17. The number of Topliss-reactive ketones (excluding diaryl/α,β-unsaturated/α-hetero) is 1. The summed E-state index contributed by atoms with van der Waals surface area (Å²) in [5.41, 5.74) is 3.16. The van der Waals surface area contributed by atoms with E-state index >= 15 is 0 Å². The number of aryl methyl sites for hydroxylation is 1. The number of pyridine rings is 1. The third kappa shape index (κ3) is 6.02. The highest BCUT2D eigenvalue weighted by Crippen LogP contribution is 2.30. The number of benzene rings is 2. The number of carbonyl (C=O) groups excluding carboxylic acids is 2. The number of hydrogen-bond acceptors (Lipinski definition) is 8. The zero-order valence-corrected chi connectivity index (χ0v) is 22.6. The minimum absolute atomic E-state index is 0.0257. The molecule has 3 heterocycles. The molecule has 3 aromatic heterocycles. The summed E-state index contributed by atoms with van der Waals surface area (Å²) in [6.45, 7) is 5.54. The minimum Gasteiger partial charge on any atom is -0.389 e. The Morgan fingerprint density at radius 2 is 1.77 bits per heavy atom. The maximum absolute atomic E-state index is 13.3. The van der Waals surface area contributed by atoms with Gasteiger partial charge in [-0.1, -0.05) is 30.3 Å². The highest BCUT2D eigenvalue weighted by molar-refractivity contribution is 7.17. The molecule has 0 spiro atoms. The Balaban J connectivity index is 1.41. The van der Waals surface area contributed by atoms with Gasteiger partial charge in [0.15, 0.2) is 5.78 Å². The van der Waals surface area contributed by atoms with Crippen molar-refractivity contribution in [3.05, 3.63) is 89.2 Å². The van der Waals surface area contributed by atoms with Gasteiger partial charge in [-0.25, -0.2) is 9.97 Å². The van der Waals surface area contributed by atoms with Crippen molar-refractivity contribution in [2.24, 2.45) is 0 Å². The lowest BCUT2D eigenvalue weighted by atomic mass is 10.1. The van der Waals surface area contributed by atoms with Crippen LogP contribution in [0.3, 0.4) is 0 Å². The summed E-state index contributed by atoms with van der Waals surface area (Å²) in [4.78, 5) is 39.6. The molecule has 0 saturated heterocycles. The largest absolute Gasteiger partial charge is 0.389 e. The fraction of sp³-hybridized carbons (Fsp3) is 0.207. The van der Waals surface area contributed by atoms with Crippen molar-refractivity contribution in [1.82, 2.24) is 19.5 Å². The molecule has 1 amide bonds. The lowest BCUT2D eigenvalue weighted by molar-refractivity contribution is 0.0630. The van der Waals surface area contributed by atoms with E-state index in [1.165, 1.54) is 11.3 Å². The molecule has 0 aliphatic heterocycles. The number of fused-ring (bicyclic) bond motifs is 1. The second kappa shape index (κ2) is 10.8. The van der Waals surface area contributed by atoms with E-state index in [9.17, 15) is 14.7 Å². The predicted molar refractivity (Wildman–Crippen MR) is 153 cm³/mol. The fourth-order valence-corrected chi connectivity index (χ4v) is 5.14. The predicted octanol–water partition coefficient (Wildman–Crippen LogP) is 5.18. The summed E-state index contributed by atoms with van der Waals surface area (Å²) in [5, 5.41) is 17.4. The van der Waals surface area contributed by atoms with Gasteiger partial charge in [0, 0.05) is 29.2 Å². The van der Waals surface area contributed by atoms with E-state index < -0.39 is 5.60 Å². The number of imidazole rings is 1. The Kier molecular flexibility index (Phi) is 7.23. The van der Waals surface area contributed by atoms with Crippen LogP contribution in [0.1, 0.15) is 39.6 Å². The summed E-state index contributed by atoms with van der Waals surface area (Å²) in [6, 6.07) is 18.3. The molecule has 10 heteroatoms. The number of ketones is 1. The SMILES string of the molecule is Cc1nc(-c2ccncc2)sc1C(=O)Nc1nc2cc(NCC(=O)c3ccccc3)ccc2n1CC(C)(C)O. The first-order chi connectivity index (χ1) is 18.7. The number of amides is 1. The molecule has 9 nitrogen and oxygen atoms in total. The van der Waals surface area contributed by atoms with Crippen LogP contribution < -0.4 is 10.6 Å². The Morgan fingerprint density at radius 3 is 2.49 bits per heavy atom. The molecule has 0 aliphatic rings.